The van der Waals surface area contributed by atoms with Crippen molar-refractivity contribution in [2.24, 2.45) is 5.92 Å². The molecule has 1 heteroatoms. The monoisotopic (exact) mass is 208 g/mol. The number of rotatable bonds is 8. The Morgan fingerprint density at radius 2 is 2.07 bits per heavy atom. The summed E-state index contributed by atoms with van der Waals surface area (Å²) in [6.45, 7) is 12.2. The van der Waals surface area contributed by atoms with Crippen LogP contribution in [-0.4, -0.2) is 11.7 Å². The van der Waals surface area contributed by atoms with Crippen LogP contribution < -0.4 is 0 Å². The van der Waals surface area contributed by atoms with Crippen LogP contribution in [0.4, 0.5) is 0 Å². The molecule has 0 heterocycles. The molecule has 0 aliphatic heterocycles. The Kier molecular flexibility index (Phi) is 8.02. The average Bonchev–Trinajstić information content (AvgIpc) is 2.17. The molecule has 0 radical (unpaired) electrons. The van der Waals surface area contributed by atoms with E-state index in [2.05, 4.69) is 33.1 Å². The van der Waals surface area contributed by atoms with Crippen molar-refractivity contribution in [3.63, 3.8) is 0 Å². The summed E-state index contributed by atoms with van der Waals surface area (Å²) in [4.78, 5) is 0. The second-order valence-corrected chi connectivity index (χ2v) is 4.17. The van der Waals surface area contributed by atoms with Crippen molar-refractivity contribution in [2.75, 3.05) is 6.61 Å². The van der Waals surface area contributed by atoms with Gasteiger partial charge in [0.1, 0.15) is 0 Å². The predicted octanol–water partition coefficient (Wildman–Crippen LogP) is 3.86. The van der Waals surface area contributed by atoms with E-state index in [1.54, 1.807) is 0 Å². The van der Waals surface area contributed by atoms with Gasteiger partial charge in [-0.15, -0.1) is 6.58 Å². The molecule has 0 bridgehead atoms. The Bertz CT molecular complexity index is 225. The van der Waals surface area contributed by atoms with Crippen LogP contribution in [0.5, 0.6) is 0 Å². The van der Waals surface area contributed by atoms with E-state index in [4.69, 9.17) is 5.11 Å². The fourth-order valence-electron chi connectivity index (χ4n) is 1.51. The van der Waals surface area contributed by atoms with E-state index < -0.39 is 0 Å². The molecule has 0 saturated carbocycles. The van der Waals surface area contributed by atoms with Crippen LogP contribution in [0.25, 0.3) is 0 Å². The molecule has 0 aromatic heterocycles. The first-order valence-corrected chi connectivity index (χ1v) is 5.64. The molecule has 86 valence electrons. The highest BCUT2D eigenvalue weighted by atomic mass is 16.2. The molecule has 15 heavy (non-hydrogen) atoms. The maximum Gasteiger partial charge on any atom is 0.0468 e. The molecule has 0 saturated heterocycles. The molecule has 1 N–H and O–H groups in total. The van der Waals surface area contributed by atoms with Gasteiger partial charge >= 0.3 is 0 Å². The van der Waals surface area contributed by atoms with Gasteiger partial charge in [-0.3, -0.25) is 0 Å². The molecule has 0 spiro atoms. The Balaban J connectivity index is 4.10. The molecule has 0 fully saturated rings. The lowest BCUT2D eigenvalue weighted by Crippen LogP contribution is -2.00. The number of hydrogen-bond donors (Lipinski definition) is 1. The number of aliphatic hydroxyl groups excluding tert-OH is 1. The zero-order valence-electron chi connectivity index (χ0n) is 10.1. The van der Waals surface area contributed by atoms with Crippen molar-refractivity contribution in [3.05, 3.63) is 36.5 Å². The van der Waals surface area contributed by atoms with Crippen molar-refractivity contribution in [1.82, 2.24) is 0 Å². The summed E-state index contributed by atoms with van der Waals surface area (Å²) >= 11 is 0. The van der Waals surface area contributed by atoms with E-state index >= 15 is 0 Å². The van der Waals surface area contributed by atoms with Crippen LogP contribution in [0.3, 0.4) is 0 Å². The van der Waals surface area contributed by atoms with Gasteiger partial charge in [-0.1, -0.05) is 29.9 Å². The van der Waals surface area contributed by atoms with Crippen molar-refractivity contribution in [2.45, 2.75) is 39.5 Å². The molecular weight excluding hydrogens is 184 g/mol. The maximum atomic E-state index is 8.78. The first-order valence-electron chi connectivity index (χ1n) is 5.64. The van der Waals surface area contributed by atoms with E-state index in [0.29, 0.717) is 5.92 Å². The fourth-order valence-corrected chi connectivity index (χ4v) is 1.51. The van der Waals surface area contributed by atoms with Crippen molar-refractivity contribution < 1.29 is 5.11 Å². The second kappa shape index (κ2) is 8.49. The normalized spacial score (nSPS) is 13.7. The summed E-state index contributed by atoms with van der Waals surface area (Å²) in [5.74, 6) is 0.552. The van der Waals surface area contributed by atoms with Gasteiger partial charge in [-0.05, 0) is 45.4 Å². The highest BCUT2D eigenvalue weighted by Gasteiger charge is 2.06. The van der Waals surface area contributed by atoms with E-state index in [9.17, 15) is 0 Å². The molecule has 0 amide bonds. The molecule has 1 nitrogen and oxygen atoms in total. The van der Waals surface area contributed by atoms with Gasteiger partial charge in [0.25, 0.3) is 0 Å². The Morgan fingerprint density at radius 3 is 2.53 bits per heavy atom. The number of allylic oxidation sites excluding steroid dienone is 3. The first-order chi connectivity index (χ1) is 7.11. The second-order valence-electron chi connectivity index (χ2n) is 4.17. The SMILES string of the molecule is C=CCCC(C/C=C(\C)CCO)C(=C)C. The van der Waals surface area contributed by atoms with Gasteiger partial charge in [0.15, 0.2) is 0 Å². The van der Waals surface area contributed by atoms with Crippen molar-refractivity contribution >= 4 is 0 Å². The third-order valence-electron chi connectivity index (χ3n) is 2.67. The summed E-state index contributed by atoms with van der Waals surface area (Å²) in [6, 6.07) is 0. The van der Waals surface area contributed by atoms with Crippen LogP contribution in [-0.2, 0) is 0 Å². The highest BCUT2D eigenvalue weighted by molar-refractivity contribution is 5.04. The van der Waals surface area contributed by atoms with Gasteiger partial charge in [0, 0.05) is 6.61 Å². The zero-order chi connectivity index (χ0) is 11.7. The summed E-state index contributed by atoms with van der Waals surface area (Å²) < 4.78 is 0. The average molecular weight is 208 g/mol. The smallest absolute Gasteiger partial charge is 0.0468 e. The Labute approximate surface area is 94.2 Å². The van der Waals surface area contributed by atoms with Crippen LogP contribution in [0.2, 0.25) is 0 Å². The van der Waals surface area contributed by atoms with Crippen LogP contribution >= 0.6 is 0 Å². The molecule has 0 aliphatic rings. The molecule has 1 atom stereocenters. The van der Waals surface area contributed by atoms with E-state index in [0.717, 1.165) is 25.7 Å². The molecule has 0 rings (SSSR count). The number of hydrogen-bond acceptors (Lipinski definition) is 1. The minimum Gasteiger partial charge on any atom is -0.396 e. The van der Waals surface area contributed by atoms with E-state index in [-0.39, 0.29) is 6.61 Å². The van der Waals surface area contributed by atoms with Crippen molar-refractivity contribution in [1.29, 1.82) is 0 Å². The minimum absolute atomic E-state index is 0.243. The molecule has 1 unspecified atom stereocenters. The quantitative estimate of drug-likeness (QED) is 0.600. The third kappa shape index (κ3) is 7.15. The summed E-state index contributed by atoms with van der Waals surface area (Å²) in [5, 5.41) is 8.78. The fraction of sp³-hybridized carbons (Fsp3) is 0.571. The summed E-state index contributed by atoms with van der Waals surface area (Å²) in [6.07, 6.45) is 8.17. The molecular formula is C14H24O. The van der Waals surface area contributed by atoms with Gasteiger partial charge in [0.05, 0.1) is 0 Å². The van der Waals surface area contributed by atoms with Crippen LogP contribution in [0.15, 0.2) is 36.5 Å². The maximum absolute atomic E-state index is 8.78. The topological polar surface area (TPSA) is 20.2 Å². The van der Waals surface area contributed by atoms with Gasteiger partial charge in [0.2, 0.25) is 0 Å². The predicted molar refractivity (Wildman–Crippen MR) is 67.8 cm³/mol. The molecule has 0 aliphatic carbocycles. The highest BCUT2D eigenvalue weighted by Crippen LogP contribution is 2.21. The number of aliphatic hydroxyl groups is 1. The summed E-state index contributed by atoms with van der Waals surface area (Å²) in [5.41, 5.74) is 2.51. The lowest BCUT2D eigenvalue weighted by Gasteiger charge is -2.14. The van der Waals surface area contributed by atoms with Crippen molar-refractivity contribution in [3.8, 4) is 0 Å². The summed E-state index contributed by atoms with van der Waals surface area (Å²) in [7, 11) is 0. The lowest BCUT2D eigenvalue weighted by molar-refractivity contribution is 0.299. The van der Waals surface area contributed by atoms with Gasteiger partial charge in [-0.25, -0.2) is 0 Å². The lowest BCUT2D eigenvalue weighted by atomic mass is 9.92. The third-order valence-corrected chi connectivity index (χ3v) is 2.67. The zero-order valence-corrected chi connectivity index (χ0v) is 10.1. The Morgan fingerprint density at radius 1 is 1.40 bits per heavy atom. The van der Waals surface area contributed by atoms with Gasteiger partial charge < -0.3 is 5.11 Å². The van der Waals surface area contributed by atoms with E-state index in [1.165, 1.54) is 11.1 Å². The van der Waals surface area contributed by atoms with Gasteiger partial charge in [-0.2, -0.15) is 0 Å². The minimum atomic E-state index is 0.243. The van der Waals surface area contributed by atoms with Crippen LogP contribution in [0, 0.1) is 5.92 Å². The molecule has 0 aromatic carbocycles. The van der Waals surface area contributed by atoms with Crippen LogP contribution in [0.1, 0.15) is 39.5 Å². The van der Waals surface area contributed by atoms with E-state index in [1.807, 2.05) is 6.08 Å². The standard InChI is InChI=1S/C14H24O/c1-5-6-7-14(12(2)3)9-8-13(4)10-11-15/h5,8,14-15H,1-2,6-7,9-11H2,3-4H3/b13-8+. The molecule has 0 aromatic rings. The Hall–Kier alpha value is -0.820. The first kappa shape index (κ1) is 14.2. The largest absolute Gasteiger partial charge is 0.396 e.